The molecule has 1 aliphatic heterocycles. The van der Waals surface area contributed by atoms with E-state index in [0.717, 1.165) is 0 Å². The summed E-state index contributed by atoms with van der Waals surface area (Å²) in [5.74, 6) is 0. The van der Waals surface area contributed by atoms with E-state index in [2.05, 4.69) is 15.0 Å². The lowest BCUT2D eigenvalue weighted by atomic mass is 10.2. The highest BCUT2D eigenvalue weighted by atomic mass is 32.2. The number of pyridine rings is 1. The number of ether oxygens (including phenoxy) is 1. The predicted octanol–water partition coefficient (Wildman–Crippen LogP) is 0.969. The summed E-state index contributed by atoms with van der Waals surface area (Å²) in [6.45, 7) is 5.02. The van der Waals surface area contributed by atoms with Crippen LogP contribution < -0.4 is 10.0 Å². The van der Waals surface area contributed by atoms with Crippen molar-refractivity contribution in [2.45, 2.75) is 37.3 Å². The summed E-state index contributed by atoms with van der Waals surface area (Å²) >= 11 is 0. The van der Waals surface area contributed by atoms with Gasteiger partial charge in [-0.2, -0.15) is 0 Å². The standard InChI is InChI=1S/C12H19N3O3S/c1-3-14-11-4-6-13-8-12(11)19(16,17)15-10-5-7-18-9(10)2/h4,6,8-10,15H,3,5,7H2,1-2H3,(H,13,14). The van der Waals surface area contributed by atoms with Gasteiger partial charge >= 0.3 is 0 Å². The molecular weight excluding hydrogens is 266 g/mol. The first-order valence-corrected chi connectivity index (χ1v) is 7.84. The lowest BCUT2D eigenvalue weighted by molar-refractivity contribution is 0.117. The minimum atomic E-state index is -3.58. The lowest BCUT2D eigenvalue weighted by Crippen LogP contribution is -2.39. The number of hydrogen-bond acceptors (Lipinski definition) is 5. The highest BCUT2D eigenvalue weighted by Gasteiger charge is 2.30. The summed E-state index contributed by atoms with van der Waals surface area (Å²) in [6.07, 6.45) is 3.52. The van der Waals surface area contributed by atoms with Crippen molar-refractivity contribution in [1.29, 1.82) is 0 Å². The van der Waals surface area contributed by atoms with Gasteiger partial charge in [0.2, 0.25) is 10.0 Å². The average Bonchev–Trinajstić information content (AvgIpc) is 2.75. The second kappa shape index (κ2) is 5.85. The molecule has 1 aromatic rings. The fourth-order valence-electron chi connectivity index (χ4n) is 2.08. The number of nitrogens with zero attached hydrogens (tertiary/aromatic N) is 1. The number of anilines is 1. The molecule has 0 radical (unpaired) electrons. The van der Waals surface area contributed by atoms with Crippen molar-refractivity contribution in [3.63, 3.8) is 0 Å². The van der Waals surface area contributed by atoms with Crippen LogP contribution in [0.1, 0.15) is 20.3 Å². The van der Waals surface area contributed by atoms with Crippen LogP contribution in [0.3, 0.4) is 0 Å². The summed E-state index contributed by atoms with van der Waals surface area (Å²) in [5, 5.41) is 3.03. The first kappa shape index (κ1) is 14.2. The highest BCUT2D eigenvalue weighted by molar-refractivity contribution is 7.89. The van der Waals surface area contributed by atoms with Gasteiger partial charge in [-0.05, 0) is 26.3 Å². The molecule has 7 heteroatoms. The smallest absolute Gasteiger partial charge is 0.244 e. The predicted molar refractivity (Wildman–Crippen MR) is 72.5 cm³/mol. The van der Waals surface area contributed by atoms with E-state index in [0.29, 0.717) is 25.3 Å². The number of rotatable bonds is 5. The van der Waals surface area contributed by atoms with E-state index in [4.69, 9.17) is 4.74 Å². The maximum atomic E-state index is 12.4. The van der Waals surface area contributed by atoms with Gasteiger partial charge < -0.3 is 10.1 Å². The van der Waals surface area contributed by atoms with E-state index in [9.17, 15) is 8.42 Å². The van der Waals surface area contributed by atoms with Gasteiger partial charge in [0, 0.05) is 25.5 Å². The third-order valence-corrected chi connectivity index (χ3v) is 4.64. The fraction of sp³-hybridized carbons (Fsp3) is 0.583. The van der Waals surface area contributed by atoms with Crippen LogP contribution in [0, 0.1) is 0 Å². The molecule has 2 unspecified atom stereocenters. The lowest BCUT2D eigenvalue weighted by Gasteiger charge is -2.17. The topological polar surface area (TPSA) is 80.3 Å². The van der Waals surface area contributed by atoms with Crippen LogP contribution in [0.4, 0.5) is 5.69 Å². The molecule has 0 saturated carbocycles. The average molecular weight is 285 g/mol. The molecule has 0 aliphatic carbocycles. The summed E-state index contributed by atoms with van der Waals surface area (Å²) in [7, 11) is -3.58. The van der Waals surface area contributed by atoms with Crippen molar-refractivity contribution in [2.75, 3.05) is 18.5 Å². The molecular formula is C12H19N3O3S. The van der Waals surface area contributed by atoms with E-state index in [1.165, 1.54) is 6.20 Å². The van der Waals surface area contributed by atoms with E-state index in [1.54, 1.807) is 12.3 Å². The minimum absolute atomic E-state index is 0.103. The monoisotopic (exact) mass is 285 g/mol. The molecule has 1 aromatic heterocycles. The quantitative estimate of drug-likeness (QED) is 0.842. The SMILES string of the molecule is CCNc1ccncc1S(=O)(=O)NC1CCOC1C. The van der Waals surface area contributed by atoms with Crippen LogP contribution in [-0.4, -0.2) is 38.7 Å². The Bertz CT molecular complexity index is 533. The molecule has 0 spiro atoms. The number of sulfonamides is 1. The molecule has 1 aliphatic rings. The number of hydrogen-bond donors (Lipinski definition) is 2. The summed E-state index contributed by atoms with van der Waals surface area (Å²) in [5.41, 5.74) is 0.566. The Hall–Kier alpha value is -1.18. The summed E-state index contributed by atoms with van der Waals surface area (Å²) < 4.78 is 32.8. The van der Waals surface area contributed by atoms with Gasteiger partial charge in [-0.3, -0.25) is 4.98 Å². The maximum absolute atomic E-state index is 12.4. The van der Waals surface area contributed by atoms with Gasteiger partial charge in [0.1, 0.15) is 4.90 Å². The summed E-state index contributed by atoms with van der Waals surface area (Å²) in [4.78, 5) is 4.07. The normalized spacial score (nSPS) is 23.5. The Balaban J connectivity index is 2.24. The van der Waals surface area contributed by atoms with Crippen LogP contribution in [0.25, 0.3) is 0 Å². The molecule has 0 amide bonds. The zero-order valence-electron chi connectivity index (χ0n) is 11.1. The van der Waals surface area contributed by atoms with Crippen molar-refractivity contribution >= 4 is 15.7 Å². The Kier molecular flexibility index (Phi) is 4.38. The zero-order chi connectivity index (χ0) is 13.9. The van der Waals surface area contributed by atoms with Crippen LogP contribution in [0.5, 0.6) is 0 Å². The molecule has 1 saturated heterocycles. The highest BCUT2D eigenvalue weighted by Crippen LogP contribution is 2.22. The van der Waals surface area contributed by atoms with Crippen LogP contribution in [0.2, 0.25) is 0 Å². The van der Waals surface area contributed by atoms with Crippen LogP contribution in [-0.2, 0) is 14.8 Å². The molecule has 106 valence electrons. The van der Waals surface area contributed by atoms with Crippen LogP contribution in [0.15, 0.2) is 23.4 Å². The first-order chi connectivity index (χ1) is 9.04. The van der Waals surface area contributed by atoms with Gasteiger partial charge in [0.05, 0.1) is 17.8 Å². The first-order valence-electron chi connectivity index (χ1n) is 6.36. The second-order valence-corrected chi connectivity index (χ2v) is 6.18. The Morgan fingerprint density at radius 1 is 1.53 bits per heavy atom. The third kappa shape index (κ3) is 3.23. The van der Waals surface area contributed by atoms with Crippen molar-refractivity contribution in [3.8, 4) is 0 Å². The van der Waals surface area contributed by atoms with Crippen molar-refractivity contribution in [1.82, 2.24) is 9.71 Å². The van der Waals surface area contributed by atoms with Crippen molar-refractivity contribution < 1.29 is 13.2 Å². The van der Waals surface area contributed by atoms with Gasteiger partial charge in [-0.25, -0.2) is 13.1 Å². The molecule has 6 nitrogen and oxygen atoms in total. The van der Waals surface area contributed by atoms with E-state index in [1.807, 2.05) is 13.8 Å². The molecule has 2 atom stereocenters. The molecule has 19 heavy (non-hydrogen) atoms. The number of aromatic nitrogens is 1. The Labute approximate surface area is 113 Å². The molecule has 2 N–H and O–H groups in total. The second-order valence-electron chi connectivity index (χ2n) is 4.49. The van der Waals surface area contributed by atoms with Gasteiger partial charge in [0.15, 0.2) is 0 Å². The summed E-state index contributed by atoms with van der Waals surface area (Å²) in [6, 6.07) is 1.48. The third-order valence-electron chi connectivity index (χ3n) is 3.12. The maximum Gasteiger partial charge on any atom is 0.244 e. The number of nitrogens with one attached hydrogen (secondary N) is 2. The zero-order valence-corrected chi connectivity index (χ0v) is 11.9. The van der Waals surface area contributed by atoms with E-state index in [-0.39, 0.29) is 17.0 Å². The Morgan fingerprint density at radius 2 is 2.32 bits per heavy atom. The van der Waals surface area contributed by atoms with Crippen molar-refractivity contribution in [2.24, 2.45) is 0 Å². The minimum Gasteiger partial charge on any atom is -0.384 e. The largest absolute Gasteiger partial charge is 0.384 e. The Morgan fingerprint density at radius 3 is 2.95 bits per heavy atom. The van der Waals surface area contributed by atoms with Crippen LogP contribution >= 0.6 is 0 Å². The van der Waals surface area contributed by atoms with Crippen molar-refractivity contribution in [3.05, 3.63) is 18.5 Å². The molecule has 2 rings (SSSR count). The molecule has 2 heterocycles. The molecule has 1 fully saturated rings. The van der Waals surface area contributed by atoms with Gasteiger partial charge in [0.25, 0.3) is 0 Å². The van der Waals surface area contributed by atoms with Gasteiger partial charge in [-0.15, -0.1) is 0 Å². The fourth-order valence-corrected chi connectivity index (χ4v) is 3.54. The molecule has 0 bridgehead atoms. The molecule has 0 aromatic carbocycles. The van der Waals surface area contributed by atoms with E-state index < -0.39 is 10.0 Å². The van der Waals surface area contributed by atoms with Gasteiger partial charge in [-0.1, -0.05) is 0 Å². The van der Waals surface area contributed by atoms with E-state index >= 15 is 0 Å².